The SMILES string of the molecule is O=C(O)c1ccc(Nc2nc(Cl)nc(OCC(F)(F)F)n2)cc1. The summed E-state index contributed by atoms with van der Waals surface area (Å²) in [5.74, 6) is -1.24. The zero-order valence-corrected chi connectivity index (χ0v) is 11.9. The molecule has 0 aliphatic heterocycles. The van der Waals surface area contributed by atoms with Crippen molar-refractivity contribution in [1.82, 2.24) is 15.0 Å². The standard InChI is InChI=1S/C12H8ClF3N4O3/c13-9-18-10(20-11(19-9)23-5-12(14,15)16)17-7-3-1-6(2-4-7)8(21)22/h1-4H,5H2,(H,21,22)(H,17,18,19,20). The smallest absolute Gasteiger partial charge is 0.422 e. The highest BCUT2D eigenvalue weighted by atomic mass is 35.5. The second kappa shape index (κ2) is 6.65. The Bertz CT molecular complexity index is 710. The molecule has 23 heavy (non-hydrogen) atoms. The highest BCUT2D eigenvalue weighted by Gasteiger charge is 2.29. The maximum atomic E-state index is 12.1. The Morgan fingerprint density at radius 1 is 1.22 bits per heavy atom. The Balaban J connectivity index is 2.13. The minimum atomic E-state index is -4.54. The summed E-state index contributed by atoms with van der Waals surface area (Å²) >= 11 is 5.59. The van der Waals surface area contributed by atoms with Crippen LogP contribution in [0.15, 0.2) is 24.3 Å². The molecular formula is C12H8ClF3N4O3. The van der Waals surface area contributed by atoms with Crippen molar-refractivity contribution in [1.29, 1.82) is 0 Å². The van der Waals surface area contributed by atoms with E-state index in [4.69, 9.17) is 16.7 Å². The van der Waals surface area contributed by atoms with Crippen molar-refractivity contribution in [2.24, 2.45) is 0 Å². The van der Waals surface area contributed by atoms with E-state index in [9.17, 15) is 18.0 Å². The van der Waals surface area contributed by atoms with E-state index in [2.05, 4.69) is 25.0 Å². The molecule has 122 valence electrons. The molecule has 2 rings (SSSR count). The van der Waals surface area contributed by atoms with Gasteiger partial charge in [-0.25, -0.2) is 4.79 Å². The number of aromatic nitrogens is 3. The summed E-state index contributed by atoms with van der Waals surface area (Å²) in [5, 5.41) is 11.1. The first-order chi connectivity index (χ1) is 10.7. The number of benzene rings is 1. The number of carboxylic acid groups (broad SMARTS) is 1. The van der Waals surface area contributed by atoms with Gasteiger partial charge in [0.2, 0.25) is 11.2 Å². The second-order valence-corrected chi connectivity index (χ2v) is 4.46. The van der Waals surface area contributed by atoms with Crippen molar-refractivity contribution in [3.8, 4) is 6.01 Å². The molecule has 0 aliphatic rings. The number of nitrogens with zero attached hydrogens (tertiary/aromatic N) is 3. The number of anilines is 2. The lowest BCUT2D eigenvalue weighted by molar-refractivity contribution is -0.154. The lowest BCUT2D eigenvalue weighted by Gasteiger charge is -2.09. The Morgan fingerprint density at radius 2 is 1.87 bits per heavy atom. The van der Waals surface area contributed by atoms with E-state index in [-0.39, 0.29) is 16.8 Å². The molecule has 0 saturated heterocycles. The fraction of sp³-hybridized carbons (Fsp3) is 0.167. The van der Waals surface area contributed by atoms with Crippen molar-refractivity contribution >= 4 is 29.2 Å². The average Bonchev–Trinajstić information content (AvgIpc) is 2.44. The van der Waals surface area contributed by atoms with Gasteiger partial charge in [0.1, 0.15) is 0 Å². The van der Waals surface area contributed by atoms with Gasteiger partial charge in [0.05, 0.1) is 5.56 Å². The predicted molar refractivity (Wildman–Crippen MR) is 73.1 cm³/mol. The summed E-state index contributed by atoms with van der Waals surface area (Å²) in [6, 6.07) is 4.92. The molecule has 0 saturated carbocycles. The number of hydrogen-bond acceptors (Lipinski definition) is 6. The van der Waals surface area contributed by atoms with E-state index in [0.717, 1.165) is 0 Å². The summed E-state index contributed by atoms with van der Waals surface area (Å²) in [6.07, 6.45) is -4.54. The molecule has 0 atom stereocenters. The number of rotatable bonds is 5. The van der Waals surface area contributed by atoms with Crippen LogP contribution in [0, 0.1) is 0 Å². The lowest BCUT2D eigenvalue weighted by atomic mass is 10.2. The molecule has 0 radical (unpaired) electrons. The topological polar surface area (TPSA) is 97.2 Å². The third-order valence-corrected chi connectivity index (χ3v) is 2.51. The maximum absolute atomic E-state index is 12.1. The molecule has 0 amide bonds. The van der Waals surface area contributed by atoms with Gasteiger partial charge in [-0.1, -0.05) is 0 Å². The summed E-state index contributed by atoms with van der Waals surface area (Å²) in [5.41, 5.74) is 0.470. The number of halogens is 4. The van der Waals surface area contributed by atoms with Gasteiger partial charge in [-0.05, 0) is 35.9 Å². The summed E-state index contributed by atoms with van der Waals surface area (Å²) in [4.78, 5) is 21.5. The largest absolute Gasteiger partial charge is 0.478 e. The first kappa shape index (κ1) is 16.7. The number of ether oxygens (including phenoxy) is 1. The quantitative estimate of drug-likeness (QED) is 0.857. The monoisotopic (exact) mass is 348 g/mol. The molecule has 0 unspecified atom stereocenters. The third-order valence-electron chi connectivity index (χ3n) is 2.34. The van der Waals surface area contributed by atoms with E-state index in [1.54, 1.807) is 0 Å². The van der Waals surface area contributed by atoms with Gasteiger partial charge < -0.3 is 15.2 Å². The van der Waals surface area contributed by atoms with Gasteiger partial charge in [-0.2, -0.15) is 28.1 Å². The van der Waals surface area contributed by atoms with Crippen LogP contribution in [0.3, 0.4) is 0 Å². The van der Waals surface area contributed by atoms with Crippen LogP contribution >= 0.6 is 11.6 Å². The zero-order chi connectivity index (χ0) is 17.0. The van der Waals surface area contributed by atoms with Crippen molar-refractivity contribution < 1.29 is 27.8 Å². The fourth-order valence-electron chi connectivity index (χ4n) is 1.42. The molecule has 1 heterocycles. The second-order valence-electron chi connectivity index (χ2n) is 4.12. The van der Waals surface area contributed by atoms with Gasteiger partial charge in [0.15, 0.2) is 6.61 Å². The van der Waals surface area contributed by atoms with Gasteiger partial charge >= 0.3 is 18.2 Å². The number of aromatic carboxylic acids is 1. The van der Waals surface area contributed by atoms with Crippen molar-refractivity contribution in [3.05, 3.63) is 35.1 Å². The predicted octanol–water partition coefficient (Wildman–Crippen LogP) is 2.91. The Morgan fingerprint density at radius 3 is 2.43 bits per heavy atom. The number of hydrogen-bond donors (Lipinski definition) is 2. The number of carbonyl (C=O) groups is 1. The first-order valence-electron chi connectivity index (χ1n) is 5.94. The molecule has 0 aliphatic carbocycles. The van der Waals surface area contributed by atoms with Crippen LogP contribution in [0.5, 0.6) is 6.01 Å². The fourth-order valence-corrected chi connectivity index (χ4v) is 1.58. The first-order valence-corrected chi connectivity index (χ1v) is 6.32. The Labute approximate surface area is 132 Å². The highest BCUT2D eigenvalue weighted by molar-refractivity contribution is 6.28. The van der Waals surface area contributed by atoms with Crippen molar-refractivity contribution in [2.75, 3.05) is 11.9 Å². The van der Waals surface area contributed by atoms with E-state index >= 15 is 0 Å². The van der Waals surface area contributed by atoms with Crippen molar-refractivity contribution in [2.45, 2.75) is 6.18 Å². The van der Waals surface area contributed by atoms with Gasteiger partial charge in [0.25, 0.3) is 0 Å². The lowest BCUT2D eigenvalue weighted by Crippen LogP contribution is -2.20. The third kappa shape index (κ3) is 5.25. The van der Waals surface area contributed by atoms with Crippen LogP contribution in [0.4, 0.5) is 24.8 Å². The molecule has 2 N–H and O–H groups in total. The average molecular weight is 349 g/mol. The maximum Gasteiger partial charge on any atom is 0.422 e. The number of alkyl halides is 3. The summed E-state index contributed by atoms with van der Waals surface area (Å²) < 4.78 is 40.7. The molecule has 0 spiro atoms. The van der Waals surface area contributed by atoms with E-state index in [1.807, 2.05) is 0 Å². The van der Waals surface area contributed by atoms with Crippen LogP contribution in [-0.2, 0) is 0 Å². The molecule has 0 fully saturated rings. The highest BCUT2D eigenvalue weighted by Crippen LogP contribution is 2.20. The molecule has 2 aromatic rings. The van der Waals surface area contributed by atoms with Crippen molar-refractivity contribution in [3.63, 3.8) is 0 Å². The summed E-state index contributed by atoms with van der Waals surface area (Å²) in [7, 11) is 0. The Kier molecular flexibility index (Phi) is 4.84. The minimum Gasteiger partial charge on any atom is -0.478 e. The number of nitrogens with one attached hydrogen (secondary N) is 1. The number of carboxylic acids is 1. The molecular weight excluding hydrogens is 341 g/mol. The van der Waals surface area contributed by atoms with Crippen LogP contribution in [0.25, 0.3) is 0 Å². The van der Waals surface area contributed by atoms with Crippen LogP contribution in [-0.4, -0.2) is 38.8 Å². The van der Waals surface area contributed by atoms with Crippen LogP contribution in [0.2, 0.25) is 5.28 Å². The molecule has 1 aromatic heterocycles. The molecule has 11 heteroatoms. The van der Waals surface area contributed by atoms with Crippen LogP contribution in [0.1, 0.15) is 10.4 Å². The van der Waals surface area contributed by atoms with Gasteiger partial charge in [-0.3, -0.25) is 0 Å². The van der Waals surface area contributed by atoms with E-state index < -0.39 is 24.8 Å². The molecule has 1 aromatic carbocycles. The van der Waals surface area contributed by atoms with Gasteiger partial charge in [-0.15, -0.1) is 0 Å². The normalized spacial score (nSPS) is 11.1. The van der Waals surface area contributed by atoms with Crippen LogP contribution < -0.4 is 10.1 Å². The zero-order valence-electron chi connectivity index (χ0n) is 11.1. The Hall–Kier alpha value is -2.62. The summed E-state index contributed by atoms with van der Waals surface area (Å²) in [6.45, 7) is -1.57. The minimum absolute atomic E-state index is 0.0680. The van der Waals surface area contributed by atoms with E-state index in [1.165, 1.54) is 24.3 Å². The van der Waals surface area contributed by atoms with E-state index in [0.29, 0.717) is 5.69 Å². The molecule has 0 bridgehead atoms. The van der Waals surface area contributed by atoms with Gasteiger partial charge in [0, 0.05) is 5.69 Å². The molecule has 7 nitrogen and oxygen atoms in total.